The third-order valence-electron chi connectivity index (χ3n) is 11.1. The van der Waals surface area contributed by atoms with Gasteiger partial charge in [-0.15, -0.1) is 0 Å². The Morgan fingerprint density at radius 1 is 0.885 bits per heavy atom. The van der Waals surface area contributed by atoms with Crippen molar-refractivity contribution in [3.63, 3.8) is 0 Å². The third-order valence-corrected chi connectivity index (χ3v) is 11.1. The lowest BCUT2D eigenvalue weighted by Crippen LogP contribution is -2.58. The molecule has 26 heavy (non-hydrogen) atoms. The molecule has 0 saturated heterocycles. The zero-order valence-electron chi connectivity index (χ0n) is 18.0. The molecule has 0 bridgehead atoms. The van der Waals surface area contributed by atoms with Gasteiger partial charge in [0.2, 0.25) is 0 Å². The molecule has 0 spiro atoms. The van der Waals surface area contributed by atoms with Crippen molar-refractivity contribution in [3.05, 3.63) is 0 Å². The SMILES string of the molecule is CC1CCCC2(C)C1CCC1C2CCC2(C)C([C@H](C)CC=O)CCC12C. The summed E-state index contributed by atoms with van der Waals surface area (Å²) >= 11 is 0. The molecular formula is C25H42O. The summed E-state index contributed by atoms with van der Waals surface area (Å²) in [6.45, 7) is 12.9. The van der Waals surface area contributed by atoms with E-state index in [0.29, 0.717) is 22.2 Å². The van der Waals surface area contributed by atoms with E-state index in [0.717, 1.165) is 36.0 Å². The summed E-state index contributed by atoms with van der Waals surface area (Å²) < 4.78 is 0. The number of rotatable bonds is 3. The predicted molar refractivity (Wildman–Crippen MR) is 109 cm³/mol. The van der Waals surface area contributed by atoms with Gasteiger partial charge >= 0.3 is 0 Å². The molecule has 148 valence electrons. The van der Waals surface area contributed by atoms with E-state index >= 15 is 0 Å². The number of hydrogen-bond acceptors (Lipinski definition) is 1. The van der Waals surface area contributed by atoms with Gasteiger partial charge in [0, 0.05) is 6.42 Å². The highest BCUT2D eigenvalue weighted by Gasteiger charge is 2.65. The van der Waals surface area contributed by atoms with E-state index < -0.39 is 0 Å². The molecule has 0 aromatic rings. The van der Waals surface area contributed by atoms with Crippen LogP contribution < -0.4 is 0 Å². The molecule has 8 unspecified atom stereocenters. The van der Waals surface area contributed by atoms with Crippen LogP contribution in [0.25, 0.3) is 0 Å². The minimum Gasteiger partial charge on any atom is -0.303 e. The molecule has 9 atom stereocenters. The maximum atomic E-state index is 11.2. The zero-order chi connectivity index (χ0) is 18.7. The Balaban J connectivity index is 1.65. The highest BCUT2D eigenvalue weighted by molar-refractivity contribution is 5.49. The molecule has 0 aliphatic heterocycles. The Morgan fingerprint density at radius 3 is 2.31 bits per heavy atom. The van der Waals surface area contributed by atoms with Crippen molar-refractivity contribution in [1.29, 1.82) is 0 Å². The highest BCUT2D eigenvalue weighted by Crippen LogP contribution is 2.73. The summed E-state index contributed by atoms with van der Waals surface area (Å²) in [5.74, 6) is 5.15. The number of aldehydes is 1. The van der Waals surface area contributed by atoms with E-state index in [1.54, 1.807) is 0 Å². The highest BCUT2D eigenvalue weighted by atomic mass is 16.1. The van der Waals surface area contributed by atoms with Gasteiger partial charge in [-0.25, -0.2) is 0 Å². The number of carbonyl (C=O) groups is 1. The van der Waals surface area contributed by atoms with E-state index in [4.69, 9.17) is 0 Å². The molecular weight excluding hydrogens is 316 g/mol. The molecule has 0 heterocycles. The van der Waals surface area contributed by atoms with Crippen molar-refractivity contribution in [2.45, 2.75) is 98.8 Å². The second-order valence-corrected chi connectivity index (χ2v) is 11.7. The van der Waals surface area contributed by atoms with Crippen LogP contribution in [0.4, 0.5) is 0 Å². The van der Waals surface area contributed by atoms with Crippen molar-refractivity contribution in [2.75, 3.05) is 0 Å². The maximum absolute atomic E-state index is 11.2. The molecule has 0 aromatic heterocycles. The third kappa shape index (κ3) is 2.37. The van der Waals surface area contributed by atoms with Gasteiger partial charge in [0.05, 0.1) is 0 Å². The van der Waals surface area contributed by atoms with Gasteiger partial charge in [-0.2, -0.15) is 0 Å². The lowest BCUT2D eigenvalue weighted by molar-refractivity contribution is -0.165. The topological polar surface area (TPSA) is 17.1 Å². The Hall–Kier alpha value is -0.330. The molecule has 1 nitrogen and oxygen atoms in total. The molecule has 1 heteroatoms. The lowest BCUT2D eigenvalue weighted by Gasteiger charge is -2.65. The first-order chi connectivity index (χ1) is 12.3. The van der Waals surface area contributed by atoms with Gasteiger partial charge in [0.1, 0.15) is 6.29 Å². The second-order valence-electron chi connectivity index (χ2n) is 11.7. The monoisotopic (exact) mass is 358 g/mol. The summed E-state index contributed by atoms with van der Waals surface area (Å²) in [5, 5.41) is 0. The number of carbonyl (C=O) groups excluding carboxylic acids is 1. The van der Waals surface area contributed by atoms with Crippen LogP contribution in [0.3, 0.4) is 0 Å². The van der Waals surface area contributed by atoms with Crippen molar-refractivity contribution in [3.8, 4) is 0 Å². The van der Waals surface area contributed by atoms with Crippen molar-refractivity contribution in [1.82, 2.24) is 0 Å². The Bertz CT molecular complexity index is 554. The number of fused-ring (bicyclic) bond motifs is 5. The second kappa shape index (κ2) is 6.35. The molecule has 0 radical (unpaired) electrons. The fourth-order valence-electron chi connectivity index (χ4n) is 9.48. The first kappa shape index (κ1) is 19.0. The van der Waals surface area contributed by atoms with Crippen LogP contribution in [0, 0.1) is 51.8 Å². The predicted octanol–water partition coefficient (Wildman–Crippen LogP) is 6.90. The Kier molecular flexibility index (Phi) is 4.64. The molecule has 0 amide bonds. The Morgan fingerprint density at radius 2 is 1.58 bits per heavy atom. The minimum atomic E-state index is 0.458. The average molecular weight is 359 g/mol. The van der Waals surface area contributed by atoms with Crippen LogP contribution in [0.15, 0.2) is 0 Å². The fourth-order valence-corrected chi connectivity index (χ4v) is 9.48. The summed E-state index contributed by atoms with van der Waals surface area (Å²) in [5.41, 5.74) is 1.57. The first-order valence-corrected chi connectivity index (χ1v) is 11.7. The van der Waals surface area contributed by atoms with Gasteiger partial charge in [-0.1, -0.05) is 47.5 Å². The van der Waals surface area contributed by atoms with E-state index in [1.807, 2.05) is 0 Å². The number of hydrogen-bond donors (Lipinski definition) is 0. The zero-order valence-corrected chi connectivity index (χ0v) is 18.0. The van der Waals surface area contributed by atoms with E-state index in [2.05, 4.69) is 34.6 Å². The van der Waals surface area contributed by atoms with Crippen molar-refractivity contribution >= 4 is 6.29 Å². The van der Waals surface area contributed by atoms with Gasteiger partial charge < -0.3 is 4.79 Å². The van der Waals surface area contributed by atoms with E-state index in [-0.39, 0.29) is 0 Å². The Labute approximate surface area is 162 Å². The van der Waals surface area contributed by atoms with Gasteiger partial charge in [-0.3, -0.25) is 0 Å². The van der Waals surface area contributed by atoms with Crippen LogP contribution >= 0.6 is 0 Å². The normalized spacial score (nSPS) is 54.7. The van der Waals surface area contributed by atoms with Crippen LogP contribution in [0.2, 0.25) is 0 Å². The molecule has 0 N–H and O–H groups in total. The van der Waals surface area contributed by atoms with Crippen LogP contribution in [-0.4, -0.2) is 6.29 Å². The summed E-state index contributed by atoms with van der Waals surface area (Å²) in [4.78, 5) is 11.2. The van der Waals surface area contributed by atoms with Gasteiger partial charge in [-0.05, 0) is 96.7 Å². The summed E-state index contributed by atoms with van der Waals surface area (Å²) in [7, 11) is 0. The maximum Gasteiger partial charge on any atom is 0.120 e. The molecule has 4 aliphatic carbocycles. The smallest absolute Gasteiger partial charge is 0.120 e. The van der Waals surface area contributed by atoms with E-state index in [9.17, 15) is 4.79 Å². The van der Waals surface area contributed by atoms with Crippen LogP contribution in [-0.2, 0) is 4.79 Å². The van der Waals surface area contributed by atoms with Crippen molar-refractivity contribution in [2.24, 2.45) is 51.8 Å². The summed E-state index contributed by atoms with van der Waals surface area (Å²) in [6, 6.07) is 0. The lowest BCUT2D eigenvalue weighted by atomic mass is 9.39. The van der Waals surface area contributed by atoms with Crippen LogP contribution in [0.5, 0.6) is 0 Å². The van der Waals surface area contributed by atoms with E-state index in [1.165, 1.54) is 64.1 Å². The van der Waals surface area contributed by atoms with Gasteiger partial charge in [0.15, 0.2) is 0 Å². The molecule has 4 saturated carbocycles. The first-order valence-electron chi connectivity index (χ1n) is 11.7. The largest absolute Gasteiger partial charge is 0.303 e. The average Bonchev–Trinajstić information content (AvgIpc) is 2.87. The molecule has 4 rings (SSSR count). The molecule has 4 aliphatic rings. The van der Waals surface area contributed by atoms with Crippen LogP contribution in [0.1, 0.15) is 98.8 Å². The van der Waals surface area contributed by atoms with Crippen molar-refractivity contribution < 1.29 is 4.79 Å². The molecule has 4 fully saturated rings. The fraction of sp³-hybridized carbons (Fsp3) is 0.960. The summed E-state index contributed by atoms with van der Waals surface area (Å²) in [6.07, 6.45) is 15.0. The minimum absolute atomic E-state index is 0.458. The van der Waals surface area contributed by atoms with Gasteiger partial charge in [0.25, 0.3) is 0 Å². The quantitative estimate of drug-likeness (QED) is 0.502. The molecule has 0 aromatic carbocycles. The standard InChI is InChI=1S/C25H42O/c1-17-7-6-13-23(3)19(17)8-9-22-21(23)11-15-24(4)20(18(2)12-16-26)10-14-25(22,24)5/h16-22H,6-15H2,1-5H3/t17?,18-,19?,20?,21?,22?,23?,24?,25?/m1/s1.